The smallest absolute Gasteiger partial charge is 0.239 e. The van der Waals surface area contributed by atoms with Crippen LogP contribution in [0.2, 0.25) is 0 Å². The lowest BCUT2D eigenvalue weighted by atomic mass is 9.98. The molecule has 0 radical (unpaired) electrons. The second kappa shape index (κ2) is 16.3. The van der Waals surface area contributed by atoms with Crippen molar-refractivity contribution in [3.8, 4) is 40.1 Å². The Labute approximate surface area is 309 Å². The predicted octanol–water partition coefficient (Wildman–Crippen LogP) is -3.91. The van der Waals surface area contributed by atoms with Crippen molar-refractivity contribution in [2.45, 2.75) is 99.0 Å². The molecule has 21 nitrogen and oxygen atoms in total. The molecular formula is C34H42O21. The van der Waals surface area contributed by atoms with Gasteiger partial charge in [0.05, 0.1) is 26.4 Å². The van der Waals surface area contributed by atoms with E-state index >= 15 is 0 Å². The van der Waals surface area contributed by atoms with E-state index in [1.165, 1.54) is 32.2 Å². The van der Waals surface area contributed by atoms with Crippen LogP contribution in [0.25, 0.3) is 22.3 Å². The van der Waals surface area contributed by atoms with Gasteiger partial charge in [-0.15, -0.1) is 0 Å². The van der Waals surface area contributed by atoms with Gasteiger partial charge in [-0.2, -0.15) is 0 Å². The summed E-state index contributed by atoms with van der Waals surface area (Å²) in [6.45, 7) is 0.0170. The summed E-state index contributed by atoms with van der Waals surface area (Å²) < 4.78 is 44.6. The Kier molecular flexibility index (Phi) is 12.1. The van der Waals surface area contributed by atoms with E-state index in [1.54, 1.807) is 0 Å². The molecule has 2 aromatic carbocycles. The van der Waals surface area contributed by atoms with Crippen LogP contribution in [-0.4, -0.2) is 174 Å². The number of hydrogen-bond donors (Lipinski definition) is 12. The highest BCUT2D eigenvalue weighted by atomic mass is 16.7. The molecule has 3 fully saturated rings. The van der Waals surface area contributed by atoms with Crippen LogP contribution in [0, 0.1) is 0 Å². The van der Waals surface area contributed by atoms with Crippen molar-refractivity contribution in [3.63, 3.8) is 0 Å². The number of fused-ring (bicyclic) bond motifs is 1. The van der Waals surface area contributed by atoms with Gasteiger partial charge in [0.2, 0.25) is 23.8 Å². The maximum Gasteiger partial charge on any atom is 0.239 e. The van der Waals surface area contributed by atoms with E-state index in [4.69, 9.17) is 37.6 Å². The molecule has 0 aliphatic carbocycles. The second-order valence-electron chi connectivity index (χ2n) is 13.3. The fourth-order valence-corrected chi connectivity index (χ4v) is 6.35. The average Bonchev–Trinajstić information content (AvgIpc) is 3.16. The van der Waals surface area contributed by atoms with Crippen molar-refractivity contribution >= 4 is 11.0 Å². The summed E-state index contributed by atoms with van der Waals surface area (Å²) in [7, 11) is 1.25. The van der Waals surface area contributed by atoms with Crippen LogP contribution in [-0.2, 0) is 18.9 Å². The van der Waals surface area contributed by atoms with Crippen LogP contribution < -0.4 is 19.6 Å². The standard InChI is InChI=1S/C34H42O21/c1-10-20(38)24(42)27(45)32(50-10)49-9-18-22(40)26(44)29(47)34(54-18)55-31-23(41)19-14(37)6-12(51-33-28(46)25(43)21(39)17(8-35)53-33)7-16(19)52-30(31)11-3-4-13(36)15(5-11)48-2/h3-7,10,17-18,20-22,24-29,32-40,42-47H,8-9H2,1-2H3. The zero-order valence-corrected chi connectivity index (χ0v) is 29.0. The maximum atomic E-state index is 14.2. The van der Waals surface area contributed by atoms with E-state index < -0.39 is 133 Å². The number of hydrogen-bond acceptors (Lipinski definition) is 21. The van der Waals surface area contributed by atoms with E-state index in [0.717, 1.165) is 12.1 Å². The molecular weight excluding hydrogens is 744 g/mol. The Balaban J connectivity index is 1.35. The lowest BCUT2D eigenvalue weighted by Crippen LogP contribution is -2.61. The first-order valence-corrected chi connectivity index (χ1v) is 16.9. The summed E-state index contributed by atoms with van der Waals surface area (Å²) in [5.41, 5.74) is -1.42. The number of aromatic hydroxyl groups is 2. The Morgan fingerprint density at radius 2 is 1.27 bits per heavy atom. The zero-order valence-electron chi connectivity index (χ0n) is 29.0. The highest BCUT2D eigenvalue weighted by molar-refractivity contribution is 5.88. The first kappa shape index (κ1) is 40.7. The van der Waals surface area contributed by atoms with Crippen molar-refractivity contribution in [2.75, 3.05) is 20.3 Å². The number of methoxy groups -OCH3 is 1. The van der Waals surface area contributed by atoms with Crippen molar-refractivity contribution in [1.82, 2.24) is 0 Å². The summed E-state index contributed by atoms with van der Waals surface area (Å²) in [6.07, 6.45) is -24.9. The topological polar surface area (TPSA) is 338 Å². The Bertz CT molecular complexity index is 1870. The third-order valence-electron chi connectivity index (χ3n) is 9.58. The molecule has 0 bridgehead atoms. The van der Waals surface area contributed by atoms with Gasteiger partial charge in [-0.25, -0.2) is 0 Å². The molecule has 55 heavy (non-hydrogen) atoms. The minimum Gasteiger partial charge on any atom is -0.507 e. The number of ether oxygens (including phenoxy) is 7. The van der Waals surface area contributed by atoms with Gasteiger partial charge in [0.15, 0.2) is 23.5 Å². The van der Waals surface area contributed by atoms with Gasteiger partial charge in [0.25, 0.3) is 0 Å². The van der Waals surface area contributed by atoms with E-state index in [-0.39, 0.29) is 28.4 Å². The Morgan fingerprint density at radius 3 is 1.93 bits per heavy atom. The SMILES string of the molecule is COc1cc(-c2oc3cc(OC4OC(CO)C(O)C(O)C4O)cc(O)c3c(=O)c2OC2OC(COC3OC(C)C(O)C(O)C3O)C(O)C(O)C2O)ccc1O. The summed E-state index contributed by atoms with van der Waals surface area (Å²) >= 11 is 0. The molecule has 12 N–H and O–H groups in total. The fourth-order valence-electron chi connectivity index (χ4n) is 6.35. The summed E-state index contributed by atoms with van der Waals surface area (Å²) in [4.78, 5) is 14.2. The van der Waals surface area contributed by atoms with Crippen LogP contribution >= 0.6 is 0 Å². The van der Waals surface area contributed by atoms with E-state index in [2.05, 4.69) is 0 Å². The second-order valence-corrected chi connectivity index (χ2v) is 13.3. The van der Waals surface area contributed by atoms with Gasteiger partial charge in [0.1, 0.15) is 89.6 Å². The number of phenols is 2. The molecule has 3 aromatic rings. The van der Waals surface area contributed by atoms with Gasteiger partial charge < -0.3 is 98.9 Å². The third kappa shape index (κ3) is 7.77. The van der Waals surface area contributed by atoms with Crippen LogP contribution in [0.3, 0.4) is 0 Å². The number of rotatable bonds is 10. The number of phenolic OH excluding ortho intramolecular Hbond substituents is 2. The third-order valence-corrected chi connectivity index (χ3v) is 9.58. The quantitative estimate of drug-likeness (QED) is 0.0934. The summed E-state index contributed by atoms with van der Waals surface area (Å²) in [5, 5.41) is 124. The molecule has 21 heteroatoms. The van der Waals surface area contributed by atoms with Gasteiger partial charge in [-0.1, -0.05) is 0 Å². The molecule has 3 aliphatic rings. The first-order chi connectivity index (χ1) is 26.1. The molecule has 6 rings (SSSR count). The van der Waals surface area contributed by atoms with Crippen molar-refractivity contribution in [3.05, 3.63) is 40.6 Å². The summed E-state index contributed by atoms with van der Waals surface area (Å²) in [5.74, 6) is -2.58. The van der Waals surface area contributed by atoms with Crippen molar-refractivity contribution < 1.29 is 98.9 Å². The first-order valence-electron chi connectivity index (χ1n) is 16.9. The molecule has 3 aliphatic heterocycles. The summed E-state index contributed by atoms with van der Waals surface area (Å²) in [6, 6.07) is 5.75. The molecule has 0 spiro atoms. The van der Waals surface area contributed by atoms with E-state index in [9.17, 15) is 66.1 Å². The van der Waals surface area contributed by atoms with E-state index in [1.807, 2.05) is 0 Å². The number of benzene rings is 2. The van der Waals surface area contributed by atoms with Gasteiger partial charge >= 0.3 is 0 Å². The van der Waals surface area contributed by atoms with Crippen LogP contribution in [0.5, 0.6) is 28.7 Å². The van der Waals surface area contributed by atoms with Crippen LogP contribution in [0.4, 0.5) is 0 Å². The Morgan fingerprint density at radius 1 is 0.673 bits per heavy atom. The van der Waals surface area contributed by atoms with Gasteiger partial charge in [-0.05, 0) is 25.1 Å². The molecule has 304 valence electrons. The maximum absolute atomic E-state index is 14.2. The van der Waals surface area contributed by atoms with Crippen LogP contribution in [0.1, 0.15) is 6.92 Å². The highest BCUT2D eigenvalue weighted by Crippen LogP contribution is 2.40. The molecule has 1 aromatic heterocycles. The van der Waals surface area contributed by atoms with Crippen molar-refractivity contribution in [2.24, 2.45) is 0 Å². The lowest BCUT2D eigenvalue weighted by molar-refractivity contribution is -0.318. The average molecular weight is 787 g/mol. The predicted molar refractivity (Wildman–Crippen MR) is 178 cm³/mol. The fraction of sp³-hybridized carbons (Fsp3) is 0.559. The van der Waals surface area contributed by atoms with E-state index in [0.29, 0.717) is 0 Å². The normalized spacial score (nSPS) is 36.8. The molecule has 15 atom stereocenters. The number of aliphatic hydroxyl groups is 10. The van der Waals surface area contributed by atoms with Crippen molar-refractivity contribution in [1.29, 1.82) is 0 Å². The largest absolute Gasteiger partial charge is 0.507 e. The van der Waals surface area contributed by atoms with Gasteiger partial charge in [0, 0.05) is 17.7 Å². The monoisotopic (exact) mass is 786 g/mol. The zero-order chi connectivity index (χ0) is 40.0. The number of aliphatic hydroxyl groups excluding tert-OH is 10. The Hall–Kier alpha value is -3.91. The molecule has 15 unspecified atom stereocenters. The lowest BCUT2D eigenvalue weighted by Gasteiger charge is -2.42. The highest BCUT2D eigenvalue weighted by Gasteiger charge is 2.48. The van der Waals surface area contributed by atoms with Crippen LogP contribution in [0.15, 0.2) is 39.5 Å². The molecule has 3 saturated heterocycles. The minimum absolute atomic E-state index is 0.0208. The molecule has 0 amide bonds. The minimum atomic E-state index is -2.03. The molecule has 4 heterocycles. The van der Waals surface area contributed by atoms with Gasteiger partial charge in [-0.3, -0.25) is 4.79 Å². The molecule has 0 saturated carbocycles.